The topological polar surface area (TPSA) is 37.3 Å². The first kappa shape index (κ1) is 12.4. The van der Waals surface area contributed by atoms with Gasteiger partial charge in [-0.2, -0.15) is 0 Å². The van der Waals surface area contributed by atoms with E-state index in [9.17, 15) is 9.90 Å². The number of carbonyl (C=O) groups is 1. The Morgan fingerprint density at radius 3 is 2.50 bits per heavy atom. The first-order valence-corrected chi connectivity index (χ1v) is 5.80. The molecule has 1 N–H and O–H groups in total. The molecular weight excluding hydrogens is 248 g/mol. The molecule has 0 fully saturated rings. The summed E-state index contributed by atoms with van der Waals surface area (Å²) in [6, 6.07) is 13.6. The van der Waals surface area contributed by atoms with Gasteiger partial charge in [-0.15, -0.1) is 0 Å². The van der Waals surface area contributed by atoms with E-state index in [1.807, 2.05) is 18.2 Å². The van der Waals surface area contributed by atoms with E-state index >= 15 is 0 Å². The summed E-state index contributed by atoms with van der Waals surface area (Å²) in [6.45, 7) is 0. The average molecular weight is 259 g/mol. The molecule has 0 saturated carbocycles. The maximum atomic E-state index is 11.8. The van der Waals surface area contributed by atoms with Gasteiger partial charge in [0.05, 0.1) is 5.02 Å². The molecule has 0 saturated heterocycles. The number of carbonyl (C=O) groups excluding carboxylic acids is 1. The largest absolute Gasteiger partial charge is 0.508 e. The third kappa shape index (κ3) is 2.99. The van der Waals surface area contributed by atoms with E-state index in [4.69, 9.17) is 11.6 Å². The summed E-state index contributed by atoms with van der Waals surface area (Å²) in [5.41, 5.74) is 1.32. The van der Waals surface area contributed by atoms with Crippen LogP contribution in [0.25, 0.3) is 6.08 Å². The maximum Gasteiger partial charge on any atom is 0.185 e. The van der Waals surface area contributed by atoms with Crippen LogP contribution in [0, 0.1) is 0 Å². The van der Waals surface area contributed by atoms with Gasteiger partial charge in [0, 0.05) is 5.56 Å². The van der Waals surface area contributed by atoms with Crippen LogP contribution in [0.2, 0.25) is 5.02 Å². The minimum atomic E-state index is -0.0836. The van der Waals surface area contributed by atoms with E-state index in [0.717, 1.165) is 0 Å². The lowest BCUT2D eigenvalue weighted by Crippen LogP contribution is -1.92. The van der Waals surface area contributed by atoms with E-state index in [1.54, 1.807) is 24.3 Å². The molecule has 0 unspecified atom stereocenters. The van der Waals surface area contributed by atoms with Crippen LogP contribution in [-0.4, -0.2) is 10.9 Å². The van der Waals surface area contributed by atoms with Crippen LogP contribution in [0.4, 0.5) is 0 Å². The number of halogens is 1. The Balaban J connectivity index is 2.19. The van der Waals surface area contributed by atoms with Gasteiger partial charge < -0.3 is 5.11 Å². The number of hydrogen-bond acceptors (Lipinski definition) is 2. The van der Waals surface area contributed by atoms with Crippen molar-refractivity contribution in [2.45, 2.75) is 0 Å². The Morgan fingerprint density at radius 1 is 1.11 bits per heavy atom. The molecule has 2 aromatic carbocycles. The Hall–Kier alpha value is -2.06. The van der Waals surface area contributed by atoms with Gasteiger partial charge in [0.15, 0.2) is 5.78 Å². The number of allylic oxidation sites excluding steroid dienone is 1. The number of phenols is 1. The van der Waals surface area contributed by atoms with Crippen molar-refractivity contribution < 1.29 is 9.90 Å². The molecule has 0 amide bonds. The van der Waals surface area contributed by atoms with Crippen molar-refractivity contribution in [2.24, 2.45) is 0 Å². The van der Waals surface area contributed by atoms with Gasteiger partial charge in [-0.05, 0) is 35.9 Å². The molecule has 0 aromatic heterocycles. The van der Waals surface area contributed by atoms with Gasteiger partial charge in [-0.1, -0.05) is 41.9 Å². The highest BCUT2D eigenvalue weighted by Gasteiger charge is 2.01. The molecule has 90 valence electrons. The van der Waals surface area contributed by atoms with Crippen LogP contribution in [0.1, 0.15) is 15.9 Å². The third-order valence-electron chi connectivity index (χ3n) is 2.46. The van der Waals surface area contributed by atoms with Crippen LogP contribution >= 0.6 is 11.6 Å². The number of phenolic OH excluding ortho intramolecular Hbond substituents is 1. The minimum Gasteiger partial charge on any atom is -0.508 e. The number of benzene rings is 2. The molecule has 0 aliphatic carbocycles. The van der Waals surface area contributed by atoms with E-state index in [0.29, 0.717) is 16.1 Å². The zero-order valence-corrected chi connectivity index (χ0v) is 10.3. The maximum absolute atomic E-state index is 11.8. The zero-order valence-electron chi connectivity index (χ0n) is 9.51. The van der Waals surface area contributed by atoms with Crippen LogP contribution in [0.3, 0.4) is 0 Å². The molecule has 0 radical (unpaired) electrons. The lowest BCUT2D eigenvalue weighted by atomic mass is 10.1. The molecule has 0 atom stereocenters. The molecule has 0 aliphatic heterocycles. The van der Waals surface area contributed by atoms with Gasteiger partial charge in [0.2, 0.25) is 0 Å². The second-order valence-electron chi connectivity index (χ2n) is 3.77. The summed E-state index contributed by atoms with van der Waals surface area (Å²) >= 11 is 5.94. The summed E-state index contributed by atoms with van der Waals surface area (Å²) in [5, 5.41) is 9.63. The van der Waals surface area contributed by atoms with Crippen LogP contribution in [-0.2, 0) is 0 Å². The highest BCUT2D eigenvalue weighted by molar-refractivity contribution is 6.32. The Morgan fingerprint density at radius 2 is 1.83 bits per heavy atom. The van der Waals surface area contributed by atoms with Crippen molar-refractivity contribution in [2.75, 3.05) is 0 Å². The first-order chi connectivity index (χ1) is 8.66. The summed E-state index contributed by atoms with van der Waals surface area (Å²) in [4.78, 5) is 11.8. The van der Waals surface area contributed by atoms with Crippen LogP contribution in [0.15, 0.2) is 54.6 Å². The van der Waals surface area contributed by atoms with Gasteiger partial charge in [0.25, 0.3) is 0 Å². The normalized spacial score (nSPS) is 10.7. The SMILES string of the molecule is O=C(C=Cc1ccc(O)cc1Cl)c1ccccc1. The van der Waals surface area contributed by atoms with E-state index in [1.165, 1.54) is 18.2 Å². The molecule has 2 aromatic rings. The van der Waals surface area contributed by atoms with Gasteiger partial charge in [-0.25, -0.2) is 0 Å². The molecule has 2 nitrogen and oxygen atoms in total. The monoisotopic (exact) mass is 258 g/mol. The van der Waals surface area contributed by atoms with E-state index < -0.39 is 0 Å². The summed E-state index contributed by atoms with van der Waals surface area (Å²) < 4.78 is 0. The smallest absolute Gasteiger partial charge is 0.185 e. The number of rotatable bonds is 3. The fourth-order valence-electron chi connectivity index (χ4n) is 1.52. The number of aromatic hydroxyl groups is 1. The number of hydrogen-bond donors (Lipinski definition) is 1. The Labute approximate surface area is 110 Å². The molecule has 0 aliphatic rings. The van der Waals surface area contributed by atoms with E-state index in [-0.39, 0.29) is 11.5 Å². The molecule has 0 heterocycles. The summed E-state index contributed by atoms with van der Waals surface area (Å²) in [7, 11) is 0. The third-order valence-corrected chi connectivity index (χ3v) is 2.78. The molecular formula is C15H11ClO2. The predicted octanol–water partition coefficient (Wildman–Crippen LogP) is 3.94. The van der Waals surface area contributed by atoms with E-state index in [2.05, 4.69) is 0 Å². The Kier molecular flexibility index (Phi) is 3.80. The fraction of sp³-hybridized carbons (Fsp3) is 0. The van der Waals surface area contributed by atoms with Crippen molar-refractivity contribution in [3.05, 3.63) is 70.8 Å². The molecule has 2 rings (SSSR count). The predicted molar refractivity (Wildman–Crippen MR) is 72.9 cm³/mol. The van der Waals surface area contributed by atoms with Crippen molar-refractivity contribution >= 4 is 23.5 Å². The van der Waals surface area contributed by atoms with Gasteiger partial charge in [-0.3, -0.25) is 4.79 Å². The van der Waals surface area contributed by atoms with Crippen molar-refractivity contribution in [1.29, 1.82) is 0 Å². The second-order valence-corrected chi connectivity index (χ2v) is 4.18. The first-order valence-electron chi connectivity index (χ1n) is 5.43. The average Bonchev–Trinajstić information content (AvgIpc) is 2.38. The summed E-state index contributed by atoms with van der Waals surface area (Å²) in [6.07, 6.45) is 3.10. The lowest BCUT2D eigenvalue weighted by molar-refractivity contribution is 0.104. The fourth-order valence-corrected chi connectivity index (χ4v) is 1.75. The van der Waals surface area contributed by atoms with Crippen molar-refractivity contribution in [3.63, 3.8) is 0 Å². The summed E-state index contributed by atoms with van der Waals surface area (Å²) in [5.74, 6) is 0.0197. The second kappa shape index (κ2) is 5.52. The molecule has 18 heavy (non-hydrogen) atoms. The highest BCUT2D eigenvalue weighted by Crippen LogP contribution is 2.22. The molecule has 3 heteroatoms. The van der Waals surface area contributed by atoms with Gasteiger partial charge in [0.1, 0.15) is 5.75 Å². The molecule has 0 bridgehead atoms. The van der Waals surface area contributed by atoms with Gasteiger partial charge >= 0.3 is 0 Å². The lowest BCUT2D eigenvalue weighted by Gasteiger charge is -1.99. The Bertz CT molecular complexity index is 589. The molecule has 0 spiro atoms. The highest BCUT2D eigenvalue weighted by atomic mass is 35.5. The van der Waals surface area contributed by atoms with Crippen molar-refractivity contribution in [1.82, 2.24) is 0 Å². The minimum absolute atomic E-state index is 0.0836. The zero-order chi connectivity index (χ0) is 13.0. The standard InChI is InChI=1S/C15H11ClO2/c16-14-10-13(17)8-6-11(14)7-9-15(18)12-4-2-1-3-5-12/h1-10,17H. The van der Waals surface area contributed by atoms with Crippen molar-refractivity contribution in [3.8, 4) is 5.75 Å². The number of ketones is 1. The van der Waals surface area contributed by atoms with Crippen LogP contribution < -0.4 is 0 Å². The van der Waals surface area contributed by atoms with Crippen LogP contribution in [0.5, 0.6) is 5.75 Å². The quantitative estimate of drug-likeness (QED) is 0.669.